The maximum absolute atomic E-state index is 3.94. The van der Waals surface area contributed by atoms with Crippen LogP contribution in [0.4, 0.5) is 0 Å². The lowest BCUT2D eigenvalue weighted by molar-refractivity contribution is 0.707. The van der Waals surface area contributed by atoms with Gasteiger partial charge in [0.15, 0.2) is 0 Å². The highest BCUT2D eigenvalue weighted by Gasteiger charge is 2.08. The molecule has 1 aliphatic carbocycles. The van der Waals surface area contributed by atoms with Crippen molar-refractivity contribution in [3.05, 3.63) is 35.6 Å². The third-order valence-electron chi connectivity index (χ3n) is 2.74. The zero-order valence-electron chi connectivity index (χ0n) is 9.56. The predicted octanol–water partition coefficient (Wildman–Crippen LogP) is 3.41. The Kier molecular flexibility index (Phi) is 3.99. The Morgan fingerprint density at radius 2 is 2.36 bits per heavy atom. The van der Waals surface area contributed by atoms with E-state index in [1.54, 1.807) is 0 Å². The lowest BCUT2D eigenvalue weighted by Crippen LogP contribution is -2.17. The lowest BCUT2D eigenvalue weighted by Gasteiger charge is -2.18. The minimum absolute atomic E-state index is 0.686. The Balaban J connectivity index is 2.50. The first-order chi connectivity index (χ1) is 6.63. The number of rotatable bonds is 4. The van der Waals surface area contributed by atoms with Crippen LogP contribution >= 0.6 is 0 Å². The van der Waals surface area contributed by atoms with E-state index in [-0.39, 0.29) is 0 Å². The van der Waals surface area contributed by atoms with Crippen LogP contribution < -0.4 is 5.32 Å². The van der Waals surface area contributed by atoms with Crippen LogP contribution in [-0.4, -0.2) is 6.54 Å². The largest absolute Gasteiger partial charge is 0.385 e. The number of hydrogen-bond acceptors (Lipinski definition) is 1. The third-order valence-corrected chi connectivity index (χ3v) is 2.74. The van der Waals surface area contributed by atoms with Gasteiger partial charge in [-0.1, -0.05) is 38.2 Å². The molecule has 0 bridgehead atoms. The van der Waals surface area contributed by atoms with Crippen LogP contribution in [0.25, 0.3) is 0 Å². The van der Waals surface area contributed by atoms with Gasteiger partial charge in [-0.15, -0.1) is 0 Å². The number of nitrogens with one attached hydrogen (secondary N) is 1. The molecule has 0 heterocycles. The van der Waals surface area contributed by atoms with Gasteiger partial charge in [0, 0.05) is 12.2 Å². The summed E-state index contributed by atoms with van der Waals surface area (Å²) in [4.78, 5) is 0. The van der Waals surface area contributed by atoms with Gasteiger partial charge in [-0.3, -0.25) is 0 Å². The molecule has 14 heavy (non-hydrogen) atoms. The van der Waals surface area contributed by atoms with E-state index in [9.17, 15) is 0 Å². The van der Waals surface area contributed by atoms with E-state index < -0.39 is 0 Å². The first kappa shape index (κ1) is 11.1. The van der Waals surface area contributed by atoms with Crippen molar-refractivity contribution >= 4 is 0 Å². The Morgan fingerprint density at radius 1 is 1.64 bits per heavy atom. The Hall–Kier alpha value is -0.980. The summed E-state index contributed by atoms with van der Waals surface area (Å²) in [5, 5.41) is 3.35. The SMILES string of the molecule is C=C(CC)NCC1=CC(C)CC=C1C. The first-order valence-corrected chi connectivity index (χ1v) is 5.43. The molecule has 0 aliphatic heterocycles. The monoisotopic (exact) mass is 191 g/mol. The van der Waals surface area contributed by atoms with Crippen LogP contribution in [0, 0.1) is 5.92 Å². The average Bonchev–Trinajstić information content (AvgIpc) is 2.19. The highest BCUT2D eigenvalue weighted by atomic mass is 14.9. The second-order valence-corrected chi connectivity index (χ2v) is 4.10. The molecule has 0 saturated heterocycles. The van der Waals surface area contributed by atoms with E-state index >= 15 is 0 Å². The van der Waals surface area contributed by atoms with Crippen molar-refractivity contribution in [1.29, 1.82) is 0 Å². The summed E-state index contributed by atoms with van der Waals surface area (Å²) >= 11 is 0. The van der Waals surface area contributed by atoms with E-state index in [0.717, 1.165) is 18.7 Å². The molecule has 1 unspecified atom stereocenters. The second kappa shape index (κ2) is 5.04. The minimum Gasteiger partial charge on any atom is -0.385 e. The van der Waals surface area contributed by atoms with Crippen molar-refractivity contribution in [2.75, 3.05) is 6.54 Å². The Labute approximate surface area is 87.6 Å². The number of allylic oxidation sites excluding steroid dienone is 3. The summed E-state index contributed by atoms with van der Waals surface area (Å²) < 4.78 is 0. The molecule has 1 aliphatic rings. The molecule has 78 valence electrons. The summed E-state index contributed by atoms with van der Waals surface area (Å²) in [6, 6.07) is 0. The molecule has 0 aromatic rings. The maximum Gasteiger partial charge on any atom is 0.0397 e. The smallest absolute Gasteiger partial charge is 0.0397 e. The van der Waals surface area contributed by atoms with Crippen molar-refractivity contribution < 1.29 is 0 Å². The summed E-state index contributed by atoms with van der Waals surface area (Å²) in [5.74, 6) is 0.686. The summed E-state index contributed by atoms with van der Waals surface area (Å²) in [5.41, 5.74) is 3.97. The van der Waals surface area contributed by atoms with Crippen molar-refractivity contribution in [1.82, 2.24) is 5.32 Å². The van der Waals surface area contributed by atoms with E-state index in [1.165, 1.54) is 17.6 Å². The molecule has 1 nitrogen and oxygen atoms in total. The summed E-state index contributed by atoms with van der Waals surface area (Å²) in [6.07, 6.45) is 6.89. The fourth-order valence-electron chi connectivity index (χ4n) is 1.58. The van der Waals surface area contributed by atoms with Crippen molar-refractivity contribution in [2.45, 2.75) is 33.6 Å². The minimum atomic E-state index is 0.686. The van der Waals surface area contributed by atoms with E-state index in [1.807, 2.05) is 0 Å². The number of hydrogen-bond donors (Lipinski definition) is 1. The molecule has 1 N–H and O–H groups in total. The molecule has 0 radical (unpaired) electrons. The molecule has 1 heteroatoms. The maximum atomic E-state index is 3.94. The van der Waals surface area contributed by atoms with Gasteiger partial charge in [0.05, 0.1) is 0 Å². The summed E-state index contributed by atoms with van der Waals surface area (Å²) in [6.45, 7) is 11.4. The van der Waals surface area contributed by atoms with Crippen molar-refractivity contribution in [3.63, 3.8) is 0 Å². The van der Waals surface area contributed by atoms with Gasteiger partial charge in [-0.2, -0.15) is 0 Å². The Bertz CT molecular complexity index is 271. The van der Waals surface area contributed by atoms with Crippen LogP contribution in [0.15, 0.2) is 35.6 Å². The van der Waals surface area contributed by atoms with Crippen LogP contribution in [0.5, 0.6) is 0 Å². The van der Waals surface area contributed by atoms with E-state index in [0.29, 0.717) is 5.92 Å². The summed E-state index contributed by atoms with van der Waals surface area (Å²) in [7, 11) is 0. The van der Waals surface area contributed by atoms with E-state index in [4.69, 9.17) is 0 Å². The molecule has 0 spiro atoms. The van der Waals surface area contributed by atoms with Gasteiger partial charge in [0.2, 0.25) is 0 Å². The van der Waals surface area contributed by atoms with Crippen molar-refractivity contribution in [2.24, 2.45) is 5.92 Å². The van der Waals surface area contributed by atoms with Gasteiger partial charge in [-0.05, 0) is 31.3 Å². The molecule has 0 fully saturated rings. The normalized spacial score (nSPS) is 21.2. The molecule has 0 aromatic heterocycles. The molecule has 0 amide bonds. The zero-order valence-corrected chi connectivity index (χ0v) is 9.56. The third kappa shape index (κ3) is 3.06. The Morgan fingerprint density at radius 3 is 3.00 bits per heavy atom. The van der Waals surface area contributed by atoms with Gasteiger partial charge in [0.25, 0.3) is 0 Å². The average molecular weight is 191 g/mol. The predicted molar refractivity (Wildman–Crippen MR) is 63.1 cm³/mol. The van der Waals surface area contributed by atoms with E-state index in [2.05, 4.69) is 44.8 Å². The molecule has 0 aromatic carbocycles. The second-order valence-electron chi connectivity index (χ2n) is 4.10. The van der Waals surface area contributed by atoms with Gasteiger partial charge < -0.3 is 5.32 Å². The van der Waals surface area contributed by atoms with Gasteiger partial charge in [-0.25, -0.2) is 0 Å². The highest BCUT2D eigenvalue weighted by Crippen LogP contribution is 2.21. The standard InChI is InChI=1S/C13H21N/c1-5-12(4)14-9-13-8-10(2)6-7-11(13)3/h7-8,10,14H,4-6,9H2,1-3H3. The zero-order chi connectivity index (χ0) is 10.6. The fourth-order valence-corrected chi connectivity index (χ4v) is 1.58. The molecule has 0 saturated carbocycles. The van der Waals surface area contributed by atoms with Crippen LogP contribution in [0.2, 0.25) is 0 Å². The van der Waals surface area contributed by atoms with Crippen molar-refractivity contribution in [3.8, 4) is 0 Å². The molecular weight excluding hydrogens is 170 g/mol. The van der Waals surface area contributed by atoms with Crippen LogP contribution in [0.1, 0.15) is 33.6 Å². The fraction of sp³-hybridized carbons (Fsp3) is 0.538. The molecular formula is C13H21N. The van der Waals surface area contributed by atoms with Gasteiger partial charge in [0.1, 0.15) is 0 Å². The topological polar surface area (TPSA) is 12.0 Å². The molecule has 1 rings (SSSR count). The van der Waals surface area contributed by atoms with Crippen LogP contribution in [0.3, 0.4) is 0 Å². The quantitative estimate of drug-likeness (QED) is 0.718. The molecule has 1 atom stereocenters. The van der Waals surface area contributed by atoms with Crippen LogP contribution in [-0.2, 0) is 0 Å². The lowest BCUT2D eigenvalue weighted by atomic mass is 9.92. The highest BCUT2D eigenvalue weighted by molar-refractivity contribution is 5.34. The first-order valence-electron chi connectivity index (χ1n) is 5.43. The van der Waals surface area contributed by atoms with Gasteiger partial charge >= 0.3 is 0 Å².